The standard InChI is InChI=1S/C18H17N5O7/c1-10(2)16(24)19-13-5-3-11(4-6-13)17(25)20-21-18(26)12-7-14(22(27)28)9-15(8-12)23(29)30/h3-10H,1-2H3,(H,19,24)(H,20,25)(H,21,26). The molecule has 3 amide bonds. The molecule has 0 aliphatic carbocycles. The maximum absolute atomic E-state index is 12.2. The number of carbonyl (C=O) groups excluding carboxylic acids is 3. The topological polar surface area (TPSA) is 174 Å². The second-order valence-corrected chi connectivity index (χ2v) is 6.38. The van der Waals surface area contributed by atoms with Gasteiger partial charge in [0, 0.05) is 29.3 Å². The molecule has 0 saturated heterocycles. The molecular weight excluding hydrogens is 398 g/mol. The maximum Gasteiger partial charge on any atom is 0.277 e. The molecule has 30 heavy (non-hydrogen) atoms. The monoisotopic (exact) mass is 415 g/mol. The maximum atomic E-state index is 12.2. The zero-order valence-electron chi connectivity index (χ0n) is 15.9. The summed E-state index contributed by atoms with van der Waals surface area (Å²) < 4.78 is 0. The molecule has 2 aromatic carbocycles. The first-order valence-electron chi connectivity index (χ1n) is 8.54. The highest BCUT2D eigenvalue weighted by Crippen LogP contribution is 2.22. The van der Waals surface area contributed by atoms with Gasteiger partial charge < -0.3 is 5.32 Å². The van der Waals surface area contributed by atoms with Crippen LogP contribution in [0.25, 0.3) is 0 Å². The van der Waals surface area contributed by atoms with Gasteiger partial charge >= 0.3 is 0 Å². The molecule has 2 rings (SSSR count). The third kappa shape index (κ3) is 5.58. The summed E-state index contributed by atoms with van der Waals surface area (Å²) in [6.45, 7) is 3.46. The molecule has 2 aromatic rings. The molecule has 0 heterocycles. The Kier molecular flexibility index (Phi) is 6.75. The summed E-state index contributed by atoms with van der Waals surface area (Å²) in [5.74, 6) is -2.08. The molecule has 12 heteroatoms. The van der Waals surface area contributed by atoms with E-state index in [1.165, 1.54) is 24.3 Å². The van der Waals surface area contributed by atoms with Gasteiger partial charge in [-0.3, -0.25) is 45.5 Å². The molecule has 0 unspecified atom stereocenters. The highest BCUT2D eigenvalue weighted by molar-refractivity contribution is 6.00. The van der Waals surface area contributed by atoms with E-state index < -0.39 is 33.0 Å². The van der Waals surface area contributed by atoms with Crippen LogP contribution in [0.5, 0.6) is 0 Å². The minimum absolute atomic E-state index is 0.155. The zero-order chi connectivity index (χ0) is 22.4. The number of amides is 3. The number of hydrogen-bond donors (Lipinski definition) is 3. The normalized spacial score (nSPS) is 10.2. The average molecular weight is 415 g/mol. The average Bonchev–Trinajstić information content (AvgIpc) is 2.71. The number of benzene rings is 2. The number of nitrogens with one attached hydrogen (secondary N) is 3. The molecule has 0 saturated carbocycles. The van der Waals surface area contributed by atoms with Crippen LogP contribution in [0.2, 0.25) is 0 Å². The van der Waals surface area contributed by atoms with E-state index >= 15 is 0 Å². The second kappa shape index (κ2) is 9.23. The number of nitro groups is 2. The highest BCUT2D eigenvalue weighted by Gasteiger charge is 2.20. The van der Waals surface area contributed by atoms with Gasteiger partial charge in [0.05, 0.1) is 21.5 Å². The lowest BCUT2D eigenvalue weighted by atomic mass is 10.1. The first-order chi connectivity index (χ1) is 14.1. The lowest BCUT2D eigenvalue weighted by Crippen LogP contribution is -2.41. The van der Waals surface area contributed by atoms with Gasteiger partial charge in [-0.15, -0.1) is 0 Å². The molecule has 0 aliphatic heterocycles. The summed E-state index contributed by atoms with van der Waals surface area (Å²) in [7, 11) is 0. The Morgan fingerprint density at radius 2 is 1.27 bits per heavy atom. The quantitative estimate of drug-likeness (QED) is 0.478. The summed E-state index contributed by atoms with van der Waals surface area (Å²) in [6.07, 6.45) is 0. The van der Waals surface area contributed by atoms with Crippen molar-refractivity contribution in [1.82, 2.24) is 10.9 Å². The molecule has 0 radical (unpaired) electrons. The smallest absolute Gasteiger partial charge is 0.277 e. The Balaban J connectivity index is 2.05. The lowest BCUT2D eigenvalue weighted by Gasteiger charge is -2.10. The van der Waals surface area contributed by atoms with E-state index in [4.69, 9.17) is 0 Å². The first kappa shape index (κ1) is 21.9. The second-order valence-electron chi connectivity index (χ2n) is 6.38. The van der Waals surface area contributed by atoms with Crippen LogP contribution < -0.4 is 16.2 Å². The van der Waals surface area contributed by atoms with Crippen molar-refractivity contribution in [2.24, 2.45) is 5.92 Å². The Morgan fingerprint density at radius 3 is 1.70 bits per heavy atom. The number of non-ortho nitro benzene ring substituents is 2. The molecule has 0 fully saturated rings. The summed E-state index contributed by atoms with van der Waals surface area (Å²) in [5, 5.41) is 24.4. The number of rotatable bonds is 6. The van der Waals surface area contributed by atoms with Crippen LogP contribution in [0, 0.1) is 26.1 Å². The fourth-order valence-corrected chi connectivity index (χ4v) is 2.19. The van der Waals surface area contributed by atoms with Crippen molar-refractivity contribution in [3.05, 3.63) is 73.8 Å². The van der Waals surface area contributed by atoms with Crippen molar-refractivity contribution >= 4 is 34.8 Å². The van der Waals surface area contributed by atoms with E-state index in [2.05, 4.69) is 10.7 Å². The van der Waals surface area contributed by atoms with Crippen LogP contribution in [0.3, 0.4) is 0 Å². The summed E-state index contributed by atoms with van der Waals surface area (Å²) in [5.41, 5.74) is 3.13. The van der Waals surface area contributed by atoms with E-state index in [0.717, 1.165) is 18.2 Å². The third-order valence-electron chi connectivity index (χ3n) is 3.81. The van der Waals surface area contributed by atoms with Crippen molar-refractivity contribution in [3.8, 4) is 0 Å². The van der Waals surface area contributed by atoms with E-state index in [1.54, 1.807) is 13.8 Å². The number of anilines is 1. The van der Waals surface area contributed by atoms with Crippen LogP contribution in [0.1, 0.15) is 34.6 Å². The predicted molar refractivity (Wildman–Crippen MR) is 105 cm³/mol. The van der Waals surface area contributed by atoms with Crippen LogP contribution >= 0.6 is 0 Å². The van der Waals surface area contributed by atoms with E-state index in [9.17, 15) is 34.6 Å². The highest BCUT2D eigenvalue weighted by atomic mass is 16.6. The van der Waals surface area contributed by atoms with Crippen molar-refractivity contribution in [1.29, 1.82) is 0 Å². The minimum Gasteiger partial charge on any atom is -0.326 e. The van der Waals surface area contributed by atoms with Gasteiger partial charge in [0.25, 0.3) is 23.2 Å². The van der Waals surface area contributed by atoms with Gasteiger partial charge in [0.2, 0.25) is 5.91 Å². The van der Waals surface area contributed by atoms with Gasteiger partial charge in [-0.25, -0.2) is 0 Å². The van der Waals surface area contributed by atoms with Crippen LogP contribution in [-0.2, 0) is 4.79 Å². The van der Waals surface area contributed by atoms with Crippen molar-refractivity contribution in [2.45, 2.75) is 13.8 Å². The Labute approximate surface area is 169 Å². The first-order valence-corrected chi connectivity index (χ1v) is 8.54. The summed E-state index contributed by atoms with van der Waals surface area (Å²) >= 11 is 0. The number of nitro benzene ring substituents is 2. The van der Waals surface area contributed by atoms with Gasteiger partial charge in [0.1, 0.15) is 0 Å². The van der Waals surface area contributed by atoms with Crippen LogP contribution in [0.4, 0.5) is 17.1 Å². The summed E-state index contributed by atoms with van der Waals surface area (Å²) in [4.78, 5) is 56.0. The molecule has 0 aromatic heterocycles. The van der Waals surface area contributed by atoms with Crippen molar-refractivity contribution < 1.29 is 24.2 Å². The number of nitrogens with zero attached hydrogens (tertiary/aromatic N) is 2. The Hall–Kier alpha value is -4.35. The molecule has 0 bridgehead atoms. The third-order valence-corrected chi connectivity index (χ3v) is 3.81. The van der Waals surface area contributed by atoms with Gasteiger partial charge in [-0.2, -0.15) is 0 Å². The molecular formula is C18H17N5O7. The van der Waals surface area contributed by atoms with Gasteiger partial charge in [0.15, 0.2) is 0 Å². The SMILES string of the molecule is CC(C)C(=O)Nc1ccc(C(=O)NNC(=O)c2cc([N+](=O)[O-])cc([N+](=O)[O-])c2)cc1. The van der Waals surface area contributed by atoms with E-state index in [1.807, 2.05) is 5.43 Å². The van der Waals surface area contributed by atoms with Crippen LogP contribution in [0.15, 0.2) is 42.5 Å². The van der Waals surface area contributed by atoms with Gasteiger partial charge in [-0.1, -0.05) is 13.8 Å². The summed E-state index contributed by atoms with van der Waals surface area (Å²) in [6, 6.07) is 8.24. The Bertz CT molecular complexity index is 986. The van der Waals surface area contributed by atoms with Crippen LogP contribution in [-0.4, -0.2) is 27.6 Å². The molecule has 12 nitrogen and oxygen atoms in total. The molecule has 0 spiro atoms. The van der Waals surface area contributed by atoms with Crippen molar-refractivity contribution in [2.75, 3.05) is 5.32 Å². The van der Waals surface area contributed by atoms with E-state index in [-0.39, 0.29) is 23.0 Å². The number of hydrazine groups is 1. The van der Waals surface area contributed by atoms with E-state index in [0.29, 0.717) is 5.69 Å². The minimum atomic E-state index is -0.976. The molecule has 3 N–H and O–H groups in total. The van der Waals surface area contributed by atoms with Gasteiger partial charge in [-0.05, 0) is 24.3 Å². The number of carbonyl (C=O) groups is 3. The molecule has 156 valence electrons. The molecule has 0 aliphatic rings. The number of hydrogen-bond acceptors (Lipinski definition) is 7. The predicted octanol–water partition coefficient (Wildman–Crippen LogP) is 2.17. The molecule has 0 atom stereocenters. The zero-order valence-corrected chi connectivity index (χ0v) is 15.9. The van der Waals surface area contributed by atoms with Crippen molar-refractivity contribution in [3.63, 3.8) is 0 Å². The lowest BCUT2D eigenvalue weighted by molar-refractivity contribution is -0.394. The Morgan fingerprint density at radius 1 is 0.800 bits per heavy atom. The largest absolute Gasteiger partial charge is 0.326 e. The fourth-order valence-electron chi connectivity index (χ4n) is 2.19. The fraction of sp³-hybridized carbons (Fsp3) is 0.167.